The van der Waals surface area contributed by atoms with Crippen molar-refractivity contribution in [3.63, 3.8) is 0 Å². The molecule has 0 fully saturated rings. The molecule has 0 radical (unpaired) electrons. The van der Waals surface area contributed by atoms with Gasteiger partial charge in [0.1, 0.15) is 11.3 Å². The van der Waals surface area contributed by atoms with Crippen LogP contribution in [0.25, 0.3) is 22.3 Å². The first-order valence-electron chi connectivity index (χ1n) is 5.88. The lowest BCUT2D eigenvalue weighted by molar-refractivity contribution is 0.618. The van der Waals surface area contributed by atoms with E-state index >= 15 is 0 Å². The number of hydrogen-bond acceptors (Lipinski definition) is 3. The van der Waals surface area contributed by atoms with Gasteiger partial charge in [0.05, 0.1) is 5.36 Å². The number of fused-ring (bicyclic) bond motifs is 2. The van der Waals surface area contributed by atoms with Gasteiger partial charge in [-0.3, -0.25) is 4.99 Å². The van der Waals surface area contributed by atoms with Crippen molar-refractivity contribution in [2.45, 2.75) is 0 Å². The second-order valence-electron chi connectivity index (χ2n) is 4.19. The molecule has 1 aromatic rings. The van der Waals surface area contributed by atoms with E-state index in [0.717, 1.165) is 33.3 Å². The zero-order valence-corrected chi connectivity index (χ0v) is 10.4. The molecule has 0 bridgehead atoms. The monoisotopic (exact) mass is 238 g/mol. The largest absolute Gasteiger partial charge is 0.456 e. The van der Waals surface area contributed by atoms with Crippen LogP contribution in [0.4, 0.5) is 5.69 Å². The summed E-state index contributed by atoms with van der Waals surface area (Å²) in [5.74, 6) is 0.860. The maximum absolute atomic E-state index is 5.93. The standard InChI is InChI=1S/C15H14N2O/c1-16-12-5-3-10-7-11-4-6-13(17-2)9-15(11)18-14(10)8-12/h3-9,16H,1-2H3/b17-13-. The maximum Gasteiger partial charge on any atom is 0.136 e. The minimum absolute atomic E-state index is 0.860. The quantitative estimate of drug-likeness (QED) is 0.661. The number of rotatable bonds is 1. The molecule has 90 valence electrons. The molecule has 0 atom stereocenters. The third-order valence-corrected chi connectivity index (χ3v) is 3.09. The summed E-state index contributed by atoms with van der Waals surface area (Å²) in [5.41, 5.74) is 3.01. The van der Waals surface area contributed by atoms with E-state index in [9.17, 15) is 0 Å². The van der Waals surface area contributed by atoms with Crippen LogP contribution in [0, 0.1) is 0 Å². The van der Waals surface area contributed by atoms with Gasteiger partial charge in [0, 0.05) is 42.9 Å². The molecule has 1 N–H and O–H groups in total. The molecule has 0 saturated carbocycles. The Hall–Kier alpha value is -2.29. The van der Waals surface area contributed by atoms with E-state index in [1.165, 1.54) is 0 Å². The van der Waals surface area contributed by atoms with Crippen LogP contribution >= 0.6 is 0 Å². The Morgan fingerprint density at radius 1 is 1.06 bits per heavy atom. The average molecular weight is 238 g/mol. The summed E-state index contributed by atoms with van der Waals surface area (Å²) in [5, 5.41) is 5.14. The Balaban J connectivity index is 2.34. The number of nitrogens with one attached hydrogen (secondary N) is 1. The fourth-order valence-corrected chi connectivity index (χ4v) is 2.05. The van der Waals surface area contributed by atoms with E-state index in [-0.39, 0.29) is 0 Å². The molecule has 0 aromatic heterocycles. The van der Waals surface area contributed by atoms with Gasteiger partial charge in [0.25, 0.3) is 0 Å². The van der Waals surface area contributed by atoms with E-state index in [1.807, 2.05) is 37.4 Å². The van der Waals surface area contributed by atoms with E-state index in [0.29, 0.717) is 0 Å². The van der Waals surface area contributed by atoms with Crippen LogP contribution in [0.5, 0.6) is 0 Å². The molecule has 18 heavy (non-hydrogen) atoms. The highest BCUT2D eigenvalue weighted by Gasteiger charge is 2.06. The SMILES string of the molecule is C/N=c1/ccc2cc3ccc(NC)cc3oc-2c1. The highest BCUT2D eigenvalue weighted by Crippen LogP contribution is 2.28. The van der Waals surface area contributed by atoms with Gasteiger partial charge >= 0.3 is 0 Å². The Morgan fingerprint density at radius 2 is 1.94 bits per heavy atom. The van der Waals surface area contributed by atoms with Crippen LogP contribution < -0.4 is 10.7 Å². The van der Waals surface area contributed by atoms with E-state index in [1.54, 1.807) is 7.05 Å². The highest BCUT2D eigenvalue weighted by molar-refractivity contribution is 5.85. The molecule has 2 aliphatic rings. The molecule has 1 aliphatic carbocycles. The van der Waals surface area contributed by atoms with Crippen LogP contribution in [0.3, 0.4) is 0 Å². The van der Waals surface area contributed by atoms with Gasteiger partial charge in [-0.25, -0.2) is 0 Å². The summed E-state index contributed by atoms with van der Waals surface area (Å²) in [4.78, 5) is 4.16. The molecule has 1 heterocycles. The van der Waals surface area contributed by atoms with Gasteiger partial charge in [-0.15, -0.1) is 0 Å². The van der Waals surface area contributed by atoms with Crippen molar-refractivity contribution < 1.29 is 4.42 Å². The molecular weight excluding hydrogens is 224 g/mol. The first-order chi connectivity index (χ1) is 8.80. The number of benzene rings is 2. The number of nitrogens with zero attached hydrogens (tertiary/aromatic N) is 1. The maximum atomic E-state index is 5.93. The molecule has 0 spiro atoms. The second kappa shape index (κ2) is 4.18. The van der Waals surface area contributed by atoms with Gasteiger partial charge in [-0.1, -0.05) is 0 Å². The molecule has 3 nitrogen and oxygen atoms in total. The Bertz CT molecular complexity index is 743. The van der Waals surface area contributed by atoms with E-state index < -0.39 is 0 Å². The highest BCUT2D eigenvalue weighted by atomic mass is 16.3. The van der Waals surface area contributed by atoms with E-state index in [4.69, 9.17) is 4.42 Å². The van der Waals surface area contributed by atoms with Crippen LogP contribution in [-0.2, 0) is 0 Å². The molecule has 1 aromatic carbocycles. The van der Waals surface area contributed by atoms with Gasteiger partial charge in [-0.2, -0.15) is 0 Å². The zero-order chi connectivity index (χ0) is 12.5. The molecule has 1 aliphatic heterocycles. The molecular formula is C15H14N2O. The topological polar surface area (TPSA) is 37.5 Å². The van der Waals surface area contributed by atoms with Crippen molar-refractivity contribution in [2.75, 3.05) is 19.4 Å². The number of hydrogen-bond donors (Lipinski definition) is 1. The van der Waals surface area contributed by atoms with E-state index in [2.05, 4.69) is 22.4 Å². The fraction of sp³-hybridized carbons (Fsp3) is 0.133. The summed E-state index contributed by atoms with van der Waals surface area (Å²) < 4.78 is 5.93. The molecule has 0 amide bonds. The van der Waals surface area contributed by atoms with Crippen molar-refractivity contribution in [3.8, 4) is 11.3 Å². The summed E-state index contributed by atoms with van der Waals surface area (Å²) in [7, 11) is 3.68. The molecule has 0 unspecified atom stereocenters. The zero-order valence-electron chi connectivity index (χ0n) is 10.4. The smallest absolute Gasteiger partial charge is 0.136 e. The summed E-state index contributed by atoms with van der Waals surface area (Å²) >= 11 is 0. The fourth-order valence-electron chi connectivity index (χ4n) is 2.05. The van der Waals surface area contributed by atoms with Crippen molar-refractivity contribution in [1.29, 1.82) is 0 Å². The Kier molecular flexibility index (Phi) is 2.52. The predicted molar refractivity (Wildman–Crippen MR) is 73.9 cm³/mol. The third kappa shape index (κ3) is 1.74. The van der Waals surface area contributed by atoms with Gasteiger partial charge in [0.2, 0.25) is 0 Å². The van der Waals surface area contributed by atoms with Crippen molar-refractivity contribution in [3.05, 3.63) is 47.8 Å². The van der Waals surface area contributed by atoms with Gasteiger partial charge in [-0.05, 0) is 30.3 Å². The van der Waals surface area contributed by atoms with Crippen molar-refractivity contribution in [1.82, 2.24) is 0 Å². The Morgan fingerprint density at radius 3 is 2.72 bits per heavy atom. The average Bonchev–Trinajstić information content (AvgIpc) is 2.43. The first kappa shape index (κ1) is 10.8. The normalized spacial score (nSPS) is 12.2. The minimum Gasteiger partial charge on any atom is -0.456 e. The lowest BCUT2D eigenvalue weighted by Crippen LogP contribution is -2.00. The molecule has 0 saturated heterocycles. The second-order valence-corrected chi connectivity index (χ2v) is 4.19. The lowest BCUT2D eigenvalue weighted by Gasteiger charge is -2.08. The lowest BCUT2D eigenvalue weighted by atomic mass is 10.1. The van der Waals surface area contributed by atoms with Crippen LogP contribution in [0.2, 0.25) is 0 Å². The number of anilines is 1. The predicted octanol–water partition coefficient (Wildman–Crippen LogP) is 3.11. The molecule has 3 rings (SSSR count). The summed E-state index contributed by atoms with van der Waals surface area (Å²) in [6.45, 7) is 0. The third-order valence-electron chi connectivity index (χ3n) is 3.09. The summed E-state index contributed by atoms with van der Waals surface area (Å²) in [6, 6.07) is 14.2. The van der Waals surface area contributed by atoms with Crippen LogP contribution in [0.15, 0.2) is 51.9 Å². The van der Waals surface area contributed by atoms with Crippen LogP contribution in [0.1, 0.15) is 0 Å². The first-order valence-corrected chi connectivity index (χ1v) is 5.88. The minimum atomic E-state index is 0.860. The van der Waals surface area contributed by atoms with Gasteiger partial charge in [0.15, 0.2) is 0 Å². The van der Waals surface area contributed by atoms with Crippen molar-refractivity contribution in [2.24, 2.45) is 4.99 Å². The molecule has 3 heteroatoms. The van der Waals surface area contributed by atoms with Gasteiger partial charge < -0.3 is 9.73 Å². The Labute approximate surface area is 105 Å². The van der Waals surface area contributed by atoms with Crippen LogP contribution in [-0.4, -0.2) is 14.1 Å². The van der Waals surface area contributed by atoms with Crippen molar-refractivity contribution >= 4 is 16.7 Å². The summed E-state index contributed by atoms with van der Waals surface area (Å²) in [6.07, 6.45) is 0.